The Balaban J connectivity index is 1.39. The third-order valence-corrected chi connectivity index (χ3v) is 6.64. The van der Waals surface area contributed by atoms with Crippen LogP contribution >= 0.6 is 11.3 Å². The molecule has 0 aliphatic carbocycles. The zero-order chi connectivity index (χ0) is 22.3. The van der Waals surface area contributed by atoms with Crippen molar-refractivity contribution in [3.8, 4) is 16.3 Å². The molecule has 9 heteroatoms. The SMILES string of the molecule is COc1cc(-c2nc(NC(=O)NC3CCCN(CCF)C3)cs2)ccc1C1=CCOCC1. The number of carbonyl (C=O) groups is 1. The summed E-state index contributed by atoms with van der Waals surface area (Å²) in [5.41, 5.74) is 3.24. The number of halogens is 1. The maximum Gasteiger partial charge on any atom is 0.320 e. The van der Waals surface area contributed by atoms with Gasteiger partial charge >= 0.3 is 6.03 Å². The Morgan fingerprint density at radius 2 is 2.34 bits per heavy atom. The van der Waals surface area contributed by atoms with Gasteiger partial charge in [-0.3, -0.25) is 10.2 Å². The molecule has 3 heterocycles. The van der Waals surface area contributed by atoms with Crippen molar-refractivity contribution in [1.82, 2.24) is 15.2 Å². The molecule has 2 aliphatic rings. The highest BCUT2D eigenvalue weighted by Crippen LogP contribution is 2.35. The van der Waals surface area contributed by atoms with Gasteiger partial charge in [-0.2, -0.15) is 0 Å². The maximum absolute atomic E-state index is 12.6. The van der Waals surface area contributed by atoms with Crippen LogP contribution < -0.4 is 15.4 Å². The Morgan fingerprint density at radius 3 is 3.12 bits per heavy atom. The number of methoxy groups -OCH3 is 1. The van der Waals surface area contributed by atoms with E-state index in [2.05, 4.69) is 27.8 Å². The standard InChI is InChI=1S/C23H29FN4O3S/c1-30-20-13-17(4-5-19(20)16-6-11-31-12-7-16)22-26-21(15-32-22)27-23(29)25-18-3-2-9-28(14-18)10-8-24/h4-6,13,15,18H,2-3,7-12,14H2,1H3,(H2,25,27,29). The van der Waals surface area contributed by atoms with Crippen LogP contribution in [0.15, 0.2) is 29.7 Å². The van der Waals surface area contributed by atoms with Crippen LogP contribution in [-0.2, 0) is 4.74 Å². The minimum Gasteiger partial charge on any atom is -0.496 e. The second-order valence-corrected chi connectivity index (χ2v) is 8.79. The summed E-state index contributed by atoms with van der Waals surface area (Å²) in [4.78, 5) is 19.0. The number of hydrogen-bond acceptors (Lipinski definition) is 6. The monoisotopic (exact) mass is 460 g/mol. The molecule has 1 unspecified atom stereocenters. The molecule has 0 radical (unpaired) electrons. The van der Waals surface area contributed by atoms with Gasteiger partial charge in [0.25, 0.3) is 0 Å². The average molecular weight is 461 g/mol. The summed E-state index contributed by atoms with van der Waals surface area (Å²) in [6.07, 6.45) is 4.80. The van der Waals surface area contributed by atoms with Crippen LogP contribution in [0.3, 0.4) is 0 Å². The molecule has 2 amide bonds. The lowest BCUT2D eigenvalue weighted by molar-refractivity contribution is 0.161. The van der Waals surface area contributed by atoms with E-state index in [0.29, 0.717) is 25.5 Å². The number of thiazole rings is 1. The minimum absolute atomic E-state index is 0.0182. The molecule has 1 fully saturated rings. The van der Waals surface area contributed by atoms with Gasteiger partial charge in [0.05, 0.1) is 20.3 Å². The van der Waals surface area contributed by atoms with E-state index in [9.17, 15) is 9.18 Å². The number of likely N-dealkylation sites (tertiary alicyclic amines) is 1. The van der Waals surface area contributed by atoms with Gasteiger partial charge < -0.3 is 14.8 Å². The molecule has 32 heavy (non-hydrogen) atoms. The summed E-state index contributed by atoms with van der Waals surface area (Å²) < 4.78 is 23.6. The number of nitrogens with one attached hydrogen (secondary N) is 2. The van der Waals surface area contributed by atoms with Crippen molar-refractivity contribution in [2.75, 3.05) is 51.9 Å². The molecule has 0 bridgehead atoms. The van der Waals surface area contributed by atoms with Crippen molar-refractivity contribution in [3.05, 3.63) is 35.2 Å². The number of alkyl halides is 1. The molecule has 1 atom stereocenters. The maximum atomic E-state index is 12.6. The van der Waals surface area contributed by atoms with Crippen molar-refractivity contribution in [1.29, 1.82) is 0 Å². The van der Waals surface area contributed by atoms with Gasteiger partial charge in [0.1, 0.15) is 23.2 Å². The lowest BCUT2D eigenvalue weighted by Gasteiger charge is -2.32. The van der Waals surface area contributed by atoms with Crippen molar-refractivity contribution >= 4 is 28.8 Å². The Kier molecular flexibility index (Phi) is 7.72. The number of hydrogen-bond donors (Lipinski definition) is 2. The van der Waals surface area contributed by atoms with E-state index in [4.69, 9.17) is 9.47 Å². The van der Waals surface area contributed by atoms with Crippen LogP contribution in [0.4, 0.5) is 15.0 Å². The van der Waals surface area contributed by atoms with Crippen LogP contribution in [0, 0.1) is 0 Å². The number of aromatic nitrogens is 1. The third-order valence-electron chi connectivity index (χ3n) is 5.75. The quantitative estimate of drug-likeness (QED) is 0.648. The van der Waals surface area contributed by atoms with E-state index in [1.54, 1.807) is 7.11 Å². The van der Waals surface area contributed by atoms with E-state index in [1.165, 1.54) is 16.9 Å². The average Bonchev–Trinajstić information content (AvgIpc) is 3.28. The highest BCUT2D eigenvalue weighted by Gasteiger charge is 2.21. The van der Waals surface area contributed by atoms with Crippen LogP contribution in [0.25, 0.3) is 16.1 Å². The first kappa shape index (κ1) is 22.7. The summed E-state index contributed by atoms with van der Waals surface area (Å²) in [5, 5.41) is 8.43. The summed E-state index contributed by atoms with van der Waals surface area (Å²) in [6, 6.07) is 5.80. The van der Waals surface area contributed by atoms with E-state index < -0.39 is 0 Å². The van der Waals surface area contributed by atoms with Crippen LogP contribution in [-0.4, -0.2) is 68.6 Å². The summed E-state index contributed by atoms with van der Waals surface area (Å²) in [7, 11) is 1.67. The number of nitrogens with zero attached hydrogens (tertiary/aromatic N) is 2. The van der Waals surface area contributed by atoms with Gasteiger partial charge in [-0.1, -0.05) is 18.2 Å². The third kappa shape index (κ3) is 5.65. The topological polar surface area (TPSA) is 75.7 Å². The number of piperidine rings is 1. The zero-order valence-corrected chi connectivity index (χ0v) is 19.0. The second kappa shape index (κ2) is 10.9. The lowest BCUT2D eigenvalue weighted by atomic mass is 9.99. The molecular weight excluding hydrogens is 431 g/mol. The summed E-state index contributed by atoms with van der Waals surface area (Å²) in [5.74, 6) is 1.31. The molecule has 0 saturated carbocycles. The van der Waals surface area contributed by atoms with Crippen LogP contribution in [0.1, 0.15) is 24.8 Å². The number of urea groups is 1. The van der Waals surface area contributed by atoms with Gasteiger partial charge in [0, 0.05) is 35.6 Å². The van der Waals surface area contributed by atoms with Gasteiger partial charge in [0.2, 0.25) is 0 Å². The largest absolute Gasteiger partial charge is 0.496 e. The molecule has 2 N–H and O–H groups in total. The lowest BCUT2D eigenvalue weighted by Crippen LogP contribution is -2.49. The van der Waals surface area contributed by atoms with Crippen LogP contribution in [0.5, 0.6) is 5.75 Å². The fourth-order valence-corrected chi connectivity index (χ4v) is 4.91. The predicted octanol–water partition coefficient (Wildman–Crippen LogP) is 4.18. The van der Waals surface area contributed by atoms with Crippen molar-refractivity contribution in [2.24, 2.45) is 0 Å². The second-order valence-electron chi connectivity index (χ2n) is 7.93. The molecule has 172 valence electrons. The number of anilines is 1. The van der Waals surface area contributed by atoms with Gasteiger partial charge in [-0.15, -0.1) is 11.3 Å². The van der Waals surface area contributed by atoms with Gasteiger partial charge in [-0.05, 0) is 37.4 Å². The van der Waals surface area contributed by atoms with E-state index in [-0.39, 0.29) is 18.7 Å². The van der Waals surface area contributed by atoms with Crippen molar-refractivity contribution in [2.45, 2.75) is 25.3 Å². The molecular formula is C23H29FN4O3S. The van der Waals surface area contributed by atoms with Gasteiger partial charge in [-0.25, -0.2) is 14.2 Å². The number of carbonyl (C=O) groups excluding carboxylic acids is 1. The Bertz CT molecular complexity index is 962. The number of ether oxygens (including phenoxy) is 2. The normalized spacial score (nSPS) is 19.3. The van der Waals surface area contributed by atoms with E-state index in [0.717, 1.165) is 54.3 Å². The fourth-order valence-electron chi connectivity index (χ4n) is 4.16. The minimum atomic E-state index is -0.363. The number of benzene rings is 1. The zero-order valence-electron chi connectivity index (χ0n) is 18.2. The summed E-state index contributed by atoms with van der Waals surface area (Å²) >= 11 is 1.46. The highest BCUT2D eigenvalue weighted by atomic mass is 32.1. The Hall–Kier alpha value is -2.49. The first-order chi connectivity index (χ1) is 15.7. The predicted molar refractivity (Wildman–Crippen MR) is 125 cm³/mol. The van der Waals surface area contributed by atoms with Crippen LogP contribution in [0.2, 0.25) is 0 Å². The molecule has 1 aromatic carbocycles. The van der Waals surface area contributed by atoms with Gasteiger partial charge in [0.15, 0.2) is 0 Å². The van der Waals surface area contributed by atoms with E-state index in [1.807, 2.05) is 22.4 Å². The Labute approximate surface area is 191 Å². The molecule has 2 aliphatic heterocycles. The fraction of sp³-hybridized carbons (Fsp3) is 0.478. The first-order valence-electron chi connectivity index (χ1n) is 10.9. The van der Waals surface area contributed by atoms with Crippen molar-refractivity contribution in [3.63, 3.8) is 0 Å². The molecule has 0 spiro atoms. The molecule has 4 rings (SSSR count). The highest BCUT2D eigenvalue weighted by molar-refractivity contribution is 7.13. The molecule has 1 aromatic heterocycles. The number of rotatable bonds is 7. The molecule has 2 aromatic rings. The summed E-state index contributed by atoms with van der Waals surface area (Å²) in [6.45, 7) is 2.95. The molecule has 1 saturated heterocycles. The van der Waals surface area contributed by atoms with E-state index >= 15 is 0 Å². The number of amides is 2. The Morgan fingerprint density at radius 1 is 1.44 bits per heavy atom. The molecule has 7 nitrogen and oxygen atoms in total. The first-order valence-corrected chi connectivity index (χ1v) is 11.8. The van der Waals surface area contributed by atoms with Crippen molar-refractivity contribution < 1.29 is 18.7 Å². The smallest absolute Gasteiger partial charge is 0.320 e.